The Kier molecular flexibility index (Phi) is 3.49. The van der Waals surface area contributed by atoms with Gasteiger partial charge >= 0.3 is 0 Å². The lowest BCUT2D eigenvalue weighted by molar-refractivity contribution is -0.119. The topological polar surface area (TPSA) is 58.1 Å². The van der Waals surface area contributed by atoms with E-state index in [0.717, 1.165) is 29.6 Å². The van der Waals surface area contributed by atoms with Gasteiger partial charge in [-0.05, 0) is 43.5 Å². The van der Waals surface area contributed by atoms with Gasteiger partial charge in [-0.2, -0.15) is 0 Å². The molecule has 0 saturated carbocycles. The van der Waals surface area contributed by atoms with E-state index in [-0.39, 0.29) is 24.1 Å². The van der Waals surface area contributed by atoms with E-state index in [1.54, 1.807) is 12.3 Å². The Bertz CT molecular complexity index is 970. The van der Waals surface area contributed by atoms with Crippen LogP contribution in [0.15, 0.2) is 53.5 Å². The minimum atomic E-state index is -0.159. The average molecular weight is 321 g/mol. The number of nitrogens with zero attached hydrogens (tertiary/aromatic N) is 2. The summed E-state index contributed by atoms with van der Waals surface area (Å²) in [5, 5.41) is 0. The molecule has 1 N–H and O–H groups in total. The second-order valence-corrected chi connectivity index (χ2v) is 6.31. The van der Waals surface area contributed by atoms with Crippen LogP contribution in [0.5, 0.6) is 0 Å². The lowest BCUT2D eigenvalue weighted by Gasteiger charge is -2.35. The molecule has 0 saturated heterocycles. The van der Waals surface area contributed by atoms with E-state index in [2.05, 4.69) is 18.0 Å². The van der Waals surface area contributed by atoms with Gasteiger partial charge in [-0.3, -0.25) is 14.2 Å². The number of rotatable bonds is 2. The summed E-state index contributed by atoms with van der Waals surface area (Å²) >= 11 is 0. The van der Waals surface area contributed by atoms with Gasteiger partial charge in [0.15, 0.2) is 0 Å². The average Bonchev–Trinajstić information content (AvgIpc) is 3.06. The van der Waals surface area contributed by atoms with Crippen molar-refractivity contribution in [2.24, 2.45) is 0 Å². The molecule has 4 rings (SSSR count). The van der Waals surface area contributed by atoms with Crippen LogP contribution in [-0.4, -0.2) is 21.5 Å². The molecule has 1 atom stereocenters. The van der Waals surface area contributed by atoms with E-state index in [1.807, 2.05) is 29.2 Å². The van der Waals surface area contributed by atoms with Crippen LogP contribution in [0.2, 0.25) is 0 Å². The Morgan fingerprint density at radius 1 is 1.21 bits per heavy atom. The second-order valence-electron chi connectivity index (χ2n) is 6.31. The zero-order valence-electron chi connectivity index (χ0n) is 13.5. The molecule has 3 heterocycles. The third kappa shape index (κ3) is 2.33. The van der Waals surface area contributed by atoms with Crippen molar-refractivity contribution >= 4 is 22.6 Å². The third-order valence-corrected chi connectivity index (χ3v) is 4.79. The molecule has 1 amide bonds. The summed E-state index contributed by atoms with van der Waals surface area (Å²) in [7, 11) is 0. The number of pyridine rings is 1. The fourth-order valence-electron chi connectivity index (χ4n) is 3.55. The van der Waals surface area contributed by atoms with Gasteiger partial charge in [0.2, 0.25) is 5.91 Å². The van der Waals surface area contributed by atoms with Gasteiger partial charge in [-0.1, -0.05) is 18.2 Å². The van der Waals surface area contributed by atoms with Crippen LogP contribution in [0.1, 0.15) is 18.9 Å². The van der Waals surface area contributed by atoms with E-state index < -0.39 is 0 Å². The van der Waals surface area contributed by atoms with Gasteiger partial charge in [-0.25, -0.2) is 0 Å². The SMILES string of the molecule is CC1CCc2ccccc2N1C(=O)Cn1c(=O)ccc2[nH]ccc21. The predicted molar refractivity (Wildman–Crippen MR) is 94.3 cm³/mol. The van der Waals surface area contributed by atoms with Crippen molar-refractivity contribution in [3.05, 3.63) is 64.6 Å². The number of fused-ring (bicyclic) bond motifs is 2. The highest BCUT2D eigenvalue weighted by Gasteiger charge is 2.28. The van der Waals surface area contributed by atoms with Crippen molar-refractivity contribution in [1.82, 2.24) is 9.55 Å². The fourth-order valence-corrected chi connectivity index (χ4v) is 3.55. The minimum absolute atomic E-state index is 0.0483. The molecule has 0 spiro atoms. The fraction of sp³-hybridized carbons (Fsp3) is 0.263. The smallest absolute Gasteiger partial charge is 0.251 e. The maximum absolute atomic E-state index is 13.0. The van der Waals surface area contributed by atoms with E-state index >= 15 is 0 Å². The maximum Gasteiger partial charge on any atom is 0.251 e. The van der Waals surface area contributed by atoms with Crippen LogP contribution in [0.25, 0.3) is 11.0 Å². The van der Waals surface area contributed by atoms with Crippen LogP contribution in [-0.2, 0) is 17.8 Å². The summed E-state index contributed by atoms with van der Waals surface area (Å²) in [5.74, 6) is -0.0505. The lowest BCUT2D eigenvalue weighted by Crippen LogP contribution is -2.44. The van der Waals surface area contributed by atoms with Gasteiger partial charge in [0, 0.05) is 24.0 Å². The molecule has 122 valence electrons. The summed E-state index contributed by atoms with van der Waals surface area (Å²) in [6.45, 7) is 2.11. The molecule has 24 heavy (non-hydrogen) atoms. The zero-order chi connectivity index (χ0) is 16.7. The highest BCUT2D eigenvalue weighted by molar-refractivity contribution is 5.95. The number of nitrogens with one attached hydrogen (secondary N) is 1. The van der Waals surface area contributed by atoms with Gasteiger partial charge in [0.25, 0.3) is 5.56 Å². The summed E-state index contributed by atoms with van der Waals surface area (Å²) in [4.78, 5) is 30.2. The summed E-state index contributed by atoms with van der Waals surface area (Å²) in [5.41, 5.74) is 3.61. The second kappa shape index (κ2) is 5.67. The number of hydrogen-bond donors (Lipinski definition) is 1. The van der Waals surface area contributed by atoms with Crippen molar-refractivity contribution in [1.29, 1.82) is 0 Å². The molecule has 1 aromatic carbocycles. The maximum atomic E-state index is 13.0. The first-order valence-electron chi connectivity index (χ1n) is 8.22. The normalized spacial score (nSPS) is 17.0. The molecule has 2 aromatic heterocycles. The molecule has 0 fully saturated rings. The van der Waals surface area contributed by atoms with Crippen LogP contribution >= 0.6 is 0 Å². The molecule has 0 bridgehead atoms. The molecule has 0 aliphatic carbocycles. The monoisotopic (exact) mass is 321 g/mol. The standard InChI is InChI=1S/C19H19N3O2/c1-13-6-7-14-4-2-3-5-16(14)22(13)19(24)12-21-17-10-11-20-15(17)8-9-18(21)23/h2-5,8-11,13,20H,6-7,12H2,1H3. The molecular weight excluding hydrogens is 302 g/mol. The van der Waals surface area contributed by atoms with E-state index in [1.165, 1.54) is 16.2 Å². The third-order valence-electron chi connectivity index (χ3n) is 4.79. The van der Waals surface area contributed by atoms with Gasteiger partial charge in [0.05, 0.1) is 11.0 Å². The van der Waals surface area contributed by atoms with Crippen LogP contribution in [0.3, 0.4) is 0 Å². The van der Waals surface area contributed by atoms with E-state index in [0.29, 0.717) is 0 Å². The van der Waals surface area contributed by atoms with E-state index in [9.17, 15) is 9.59 Å². The first-order valence-corrected chi connectivity index (χ1v) is 8.22. The van der Waals surface area contributed by atoms with Crippen LogP contribution in [0.4, 0.5) is 5.69 Å². The summed E-state index contributed by atoms with van der Waals surface area (Å²) in [6.07, 6.45) is 3.70. The van der Waals surface area contributed by atoms with Crippen molar-refractivity contribution in [3.63, 3.8) is 0 Å². The number of aryl methyl sites for hydroxylation is 1. The molecule has 1 aliphatic heterocycles. The van der Waals surface area contributed by atoms with Crippen molar-refractivity contribution in [2.45, 2.75) is 32.4 Å². The van der Waals surface area contributed by atoms with Crippen molar-refractivity contribution < 1.29 is 4.79 Å². The first-order chi connectivity index (χ1) is 11.6. The van der Waals surface area contributed by atoms with Crippen LogP contribution in [0, 0.1) is 0 Å². The number of para-hydroxylation sites is 1. The largest absolute Gasteiger partial charge is 0.360 e. The highest BCUT2D eigenvalue weighted by Crippen LogP contribution is 2.30. The Labute approximate surface area is 139 Å². The zero-order valence-corrected chi connectivity index (χ0v) is 13.5. The van der Waals surface area contributed by atoms with Crippen molar-refractivity contribution in [2.75, 3.05) is 4.90 Å². The number of carbonyl (C=O) groups is 1. The molecule has 0 radical (unpaired) electrons. The molecule has 5 nitrogen and oxygen atoms in total. The minimum Gasteiger partial charge on any atom is -0.360 e. The number of amides is 1. The lowest BCUT2D eigenvalue weighted by atomic mass is 9.96. The molecule has 5 heteroatoms. The quantitative estimate of drug-likeness (QED) is 0.789. The molecule has 1 aliphatic rings. The number of H-pyrrole nitrogens is 1. The number of hydrogen-bond acceptors (Lipinski definition) is 2. The summed E-state index contributed by atoms with van der Waals surface area (Å²) < 4.78 is 1.54. The predicted octanol–water partition coefficient (Wildman–Crippen LogP) is 2.70. The number of aromatic amines is 1. The Morgan fingerprint density at radius 2 is 2.04 bits per heavy atom. The van der Waals surface area contributed by atoms with Gasteiger partial charge in [-0.15, -0.1) is 0 Å². The Hall–Kier alpha value is -2.82. The molecule has 1 unspecified atom stereocenters. The molecule has 3 aromatic rings. The molecular formula is C19H19N3O2. The number of anilines is 1. The van der Waals surface area contributed by atoms with E-state index in [4.69, 9.17) is 0 Å². The Morgan fingerprint density at radius 3 is 2.92 bits per heavy atom. The van der Waals surface area contributed by atoms with Crippen molar-refractivity contribution in [3.8, 4) is 0 Å². The number of carbonyl (C=O) groups excluding carboxylic acids is 1. The summed E-state index contributed by atoms with van der Waals surface area (Å²) in [6, 6.07) is 13.2. The van der Waals surface area contributed by atoms with Gasteiger partial charge < -0.3 is 9.88 Å². The number of aromatic nitrogens is 2. The number of benzene rings is 1. The first kappa shape index (κ1) is 14.8. The Balaban J connectivity index is 1.73. The van der Waals surface area contributed by atoms with Gasteiger partial charge in [0.1, 0.15) is 6.54 Å². The highest BCUT2D eigenvalue weighted by atomic mass is 16.2. The van der Waals surface area contributed by atoms with Crippen LogP contribution < -0.4 is 10.5 Å².